The fourth-order valence-electron chi connectivity index (χ4n) is 5.49. The van der Waals surface area contributed by atoms with Crippen LogP contribution in [0.25, 0.3) is 43.9 Å². The first-order chi connectivity index (χ1) is 19.8. The number of benzene rings is 3. The highest BCUT2D eigenvalue weighted by molar-refractivity contribution is 6.50. The van der Waals surface area contributed by atoms with Gasteiger partial charge in [0.1, 0.15) is 0 Å². The van der Waals surface area contributed by atoms with E-state index in [4.69, 9.17) is 5.26 Å². The molecule has 0 saturated carbocycles. The van der Waals surface area contributed by atoms with Gasteiger partial charge in [0, 0.05) is 78.2 Å². The number of aryl methyl sites for hydroxylation is 3. The lowest BCUT2D eigenvalue weighted by atomic mass is 9.95. The summed E-state index contributed by atoms with van der Waals surface area (Å²) < 4.78 is 5.83. The summed E-state index contributed by atoms with van der Waals surface area (Å²) in [5, 5.41) is 23.2. The van der Waals surface area contributed by atoms with Gasteiger partial charge in [0.05, 0.1) is 34.4 Å². The summed E-state index contributed by atoms with van der Waals surface area (Å²) in [5.74, 6) is -0.804. The molecule has 7 rings (SSSR count). The number of aromatic nitrogens is 3. The highest BCUT2D eigenvalue weighted by Crippen LogP contribution is 2.38. The van der Waals surface area contributed by atoms with Crippen molar-refractivity contribution in [1.82, 2.24) is 19.0 Å². The first-order valence-corrected chi connectivity index (χ1v) is 12.9. The normalized spacial score (nSPS) is 12.9. The number of rotatable bonds is 2. The minimum Gasteiger partial charge on any atom is -0.351 e. The van der Waals surface area contributed by atoms with Gasteiger partial charge in [-0.15, -0.1) is 0 Å². The molecule has 6 aromatic rings. The highest BCUT2D eigenvalue weighted by atomic mass is 16.2. The van der Waals surface area contributed by atoms with E-state index in [9.17, 15) is 14.9 Å². The van der Waals surface area contributed by atoms with Crippen molar-refractivity contribution >= 4 is 55.7 Å². The molecule has 0 aliphatic carbocycles. The van der Waals surface area contributed by atoms with Crippen molar-refractivity contribution in [2.45, 2.75) is 0 Å². The van der Waals surface area contributed by atoms with Crippen LogP contribution in [0.3, 0.4) is 0 Å². The van der Waals surface area contributed by atoms with Gasteiger partial charge in [-0.1, -0.05) is 30.3 Å². The molecule has 0 bridgehead atoms. The van der Waals surface area contributed by atoms with E-state index in [2.05, 4.69) is 17.5 Å². The third kappa shape index (κ3) is 4.15. The van der Waals surface area contributed by atoms with E-state index in [1.165, 1.54) is 5.39 Å². The summed E-state index contributed by atoms with van der Waals surface area (Å²) in [6, 6.07) is 25.1. The van der Waals surface area contributed by atoms with Crippen LogP contribution in [-0.4, -0.2) is 25.5 Å². The third-order valence-electron chi connectivity index (χ3n) is 7.50. The van der Waals surface area contributed by atoms with E-state index in [0.717, 1.165) is 32.9 Å². The number of hydrogen-bond donors (Lipinski definition) is 1. The summed E-state index contributed by atoms with van der Waals surface area (Å²) in [6.07, 6.45) is 5.72. The van der Waals surface area contributed by atoms with Gasteiger partial charge in [0.25, 0.3) is 11.8 Å². The average Bonchev–Trinajstić information content (AvgIpc) is 3.70. The molecule has 0 fully saturated rings. The van der Waals surface area contributed by atoms with E-state index in [1.54, 1.807) is 12.1 Å². The standard InChI is InChI=1S/C23H16N4O2.C10H8N2/c1-26-11-16(14-5-3-4-6-18(14)26)20-21(23(29)25-22(20)28)17-12-27(2)19-9-13(10-24)7-8-15(17)19;1-12-5-4-9-3-2-8(7-11)6-10(9)12/h3-9,11-12H,1-2H3,(H,25,28,29);2-6H,1H3. The minimum absolute atomic E-state index is 0.363. The molecule has 4 heterocycles. The lowest BCUT2D eigenvalue weighted by molar-refractivity contribution is -0.122. The Kier molecular flexibility index (Phi) is 6.02. The summed E-state index contributed by atoms with van der Waals surface area (Å²) >= 11 is 0. The Morgan fingerprint density at radius 1 is 0.634 bits per heavy atom. The minimum atomic E-state index is -0.408. The molecule has 1 aliphatic rings. The van der Waals surface area contributed by atoms with Gasteiger partial charge in [0.15, 0.2) is 0 Å². The molecule has 1 aliphatic heterocycles. The Bertz CT molecular complexity index is 2170. The molecule has 0 atom stereocenters. The molecule has 3 aromatic carbocycles. The Morgan fingerprint density at radius 2 is 1.20 bits per heavy atom. The van der Waals surface area contributed by atoms with Crippen LogP contribution in [-0.2, 0) is 30.7 Å². The van der Waals surface area contributed by atoms with Gasteiger partial charge in [-0.2, -0.15) is 10.5 Å². The van der Waals surface area contributed by atoms with Crippen LogP contribution in [0.4, 0.5) is 0 Å². The molecule has 2 amide bonds. The quantitative estimate of drug-likeness (QED) is 0.308. The number of nitriles is 2. The van der Waals surface area contributed by atoms with Crippen molar-refractivity contribution in [3.05, 3.63) is 108 Å². The number of imide groups is 1. The number of fused-ring (bicyclic) bond motifs is 3. The van der Waals surface area contributed by atoms with Crippen LogP contribution in [0.15, 0.2) is 85.3 Å². The first kappa shape index (κ1) is 25.4. The summed E-state index contributed by atoms with van der Waals surface area (Å²) in [4.78, 5) is 25.6. The number of nitrogens with zero attached hydrogens (tertiary/aromatic N) is 5. The van der Waals surface area contributed by atoms with E-state index in [0.29, 0.717) is 27.8 Å². The molecule has 0 radical (unpaired) electrons. The van der Waals surface area contributed by atoms with Crippen LogP contribution < -0.4 is 5.32 Å². The zero-order valence-corrected chi connectivity index (χ0v) is 22.6. The van der Waals surface area contributed by atoms with Crippen molar-refractivity contribution in [2.75, 3.05) is 0 Å². The zero-order chi connectivity index (χ0) is 28.8. The predicted molar refractivity (Wildman–Crippen MR) is 158 cm³/mol. The molecular weight excluding hydrogens is 512 g/mol. The maximum Gasteiger partial charge on any atom is 0.259 e. The van der Waals surface area contributed by atoms with E-state index < -0.39 is 11.8 Å². The Morgan fingerprint density at radius 3 is 1.85 bits per heavy atom. The molecule has 3 aromatic heterocycles. The number of carbonyl (C=O) groups is 2. The topological polar surface area (TPSA) is 109 Å². The van der Waals surface area contributed by atoms with Crippen LogP contribution >= 0.6 is 0 Å². The SMILES string of the molecule is Cn1cc(C2=C(c3cn(C)c4cc(C#N)ccc34)C(=O)NC2=O)c2ccccc21.Cn1ccc2ccc(C#N)cc21. The second kappa shape index (κ2) is 9.71. The van der Waals surface area contributed by atoms with Crippen molar-refractivity contribution in [3.63, 3.8) is 0 Å². The fraction of sp³-hybridized carbons (Fsp3) is 0.0909. The maximum absolute atomic E-state index is 12.8. The monoisotopic (exact) mass is 536 g/mol. The number of hydrogen-bond acceptors (Lipinski definition) is 4. The molecular formula is C33H24N6O2. The van der Waals surface area contributed by atoms with Crippen LogP contribution in [0, 0.1) is 22.7 Å². The largest absolute Gasteiger partial charge is 0.351 e. The Hall–Kier alpha value is -5.86. The number of amides is 2. The second-order valence-electron chi connectivity index (χ2n) is 10.0. The molecule has 0 spiro atoms. The average molecular weight is 537 g/mol. The van der Waals surface area contributed by atoms with E-state index >= 15 is 0 Å². The van der Waals surface area contributed by atoms with Gasteiger partial charge in [-0.3, -0.25) is 14.9 Å². The maximum atomic E-state index is 12.8. The Balaban J connectivity index is 0.000000210. The van der Waals surface area contributed by atoms with Crippen molar-refractivity contribution in [2.24, 2.45) is 21.1 Å². The van der Waals surface area contributed by atoms with Crippen molar-refractivity contribution < 1.29 is 9.59 Å². The second-order valence-corrected chi connectivity index (χ2v) is 10.0. The Labute approximate surface area is 235 Å². The summed E-state index contributed by atoms with van der Waals surface area (Å²) in [7, 11) is 5.76. The van der Waals surface area contributed by atoms with Gasteiger partial charge >= 0.3 is 0 Å². The zero-order valence-electron chi connectivity index (χ0n) is 22.6. The van der Waals surface area contributed by atoms with E-state index in [1.807, 2.05) is 108 Å². The summed E-state index contributed by atoms with van der Waals surface area (Å²) in [5.41, 5.74) is 6.32. The number of para-hydroxylation sites is 1. The molecule has 1 N–H and O–H groups in total. The lowest BCUT2D eigenvalue weighted by Gasteiger charge is -2.03. The fourth-order valence-corrected chi connectivity index (χ4v) is 5.49. The number of nitrogens with one attached hydrogen (secondary N) is 1. The molecule has 41 heavy (non-hydrogen) atoms. The smallest absolute Gasteiger partial charge is 0.259 e. The lowest BCUT2D eigenvalue weighted by Crippen LogP contribution is -2.22. The molecule has 0 saturated heterocycles. The highest BCUT2D eigenvalue weighted by Gasteiger charge is 2.35. The first-order valence-electron chi connectivity index (χ1n) is 12.9. The van der Waals surface area contributed by atoms with Crippen molar-refractivity contribution in [1.29, 1.82) is 10.5 Å². The molecule has 8 nitrogen and oxygen atoms in total. The summed E-state index contributed by atoms with van der Waals surface area (Å²) in [6.45, 7) is 0. The molecule has 8 heteroatoms. The predicted octanol–water partition coefficient (Wildman–Crippen LogP) is 5.16. The number of carbonyl (C=O) groups excluding carboxylic acids is 2. The van der Waals surface area contributed by atoms with Gasteiger partial charge in [0.2, 0.25) is 0 Å². The van der Waals surface area contributed by atoms with Gasteiger partial charge in [-0.05, 0) is 41.8 Å². The van der Waals surface area contributed by atoms with Crippen LogP contribution in [0.1, 0.15) is 22.3 Å². The molecule has 0 unspecified atom stereocenters. The molecule has 198 valence electrons. The van der Waals surface area contributed by atoms with E-state index in [-0.39, 0.29) is 0 Å². The van der Waals surface area contributed by atoms with Crippen LogP contribution in [0.5, 0.6) is 0 Å². The van der Waals surface area contributed by atoms with Crippen molar-refractivity contribution in [3.8, 4) is 12.1 Å². The van der Waals surface area contributed by atoms with Gasteiger partial charge < -0.3 is 13.7 Å². The van der Waals surface area contributed by atoms with Crippen LogP contribution in [0.2, 0.25) is 0 Å². The van der Waals surface area contributed by atoms with Gasteiger partial charge in [-0.25, -0.2) is 0 Å². The third-order valence-corrected chi connectivity index (χ3v) is 7.50.